The SMILES string of the molecule is Cc1nc(NC(CO)Cc2c[nH]c3ccccc23)ccc1[N+](=O)[O-]. The van der Waals surface area contributed by atoms with Gasteiger partial charge >= 0.3 is 0 Å². The number of nitro groups is 1. The first kappa shape index (κ1) is 15.9. The zero-order chi connectivity index (χ0) is 17.1. The molecule has 0 amide bonds. The summed E-state index contributed by atoms with van der Waals surface area (Å²) < 4.78 is 0. The van der Waals surface area contributed by atoms with E-state index in [2.05, 4.69) is 15.3 Å². The van der Waals surface area contributed by atoms with Crippen LogP contribution in [0, 0.1) is 17.0 Å². The standard InChI is InChI=1S/C17H18N4O3/c1-11-16(21(23)24)6-7-17(19-11)20-13(10-22)8-12-9-18-15-5-3-2-4-14(12)15/h2-7,9,13,18,22H,8,10H2,1H3,(H,19,20). The Bertz CT molecular complexity index is 875. The van der Waals surface area contributed by atoms with Crippen molar-refractivity contribution in [3.63, 3.8) is 0 Å². The Balaban J connectivity index is 1.77. The molecule has 7 heteroatoms. The van der Waals surface area contributed by atoms with E-state index in [-0.39, 0.29) is 18.3 Å². The number of para-hydroxylation sites is 1. The van der Waals surface area contributed by atoms with E-state index >= 15 is 0 Å². The highest BCUT2D eigenvalue weighted by atomic mass is 16.6. The molecule has 0 saturated carbocycles. The van der Waals surface area contributed by atoms with Crippen LogP contribution in [0.25, 0.3) is 10.9 Å². The molecule has 2 aromatic heterocycles. The van der Waals surface area contributed by atoms with Gasteiger partial charge < -0.3 is 15.4 Å². The van der Waals surface area contributed by atoms with Crippen molar-refractivity contribution >= 4 is 22.4 Å². The van der Waals surface area contributed by atoms with E-state index in [9.17, 15) is 15.2 Å². The Morgan fingerprint density at radius 1 is 1.33 bits per heavy atom. The van der Waals surface area contributed by atoms with Crippen LogP contribution in [0.1, 0.15) is 11.3 Å². The van der Waals surface area contributed by atoms with Crippen LogP contribution >= 0.6 is 0 Å². The fourth-order valence-corrected chi connectivity index (χ4v) is 2.76. The second kappa shape index (κ2) is 6.67. The number of aryl methyl sites for hydroxylation is 1. The fraction of sp³-hybridized carbons (Fsp3) is 0.235. The van der Waals surface area contributed by atoms with Crippen LogP contribution in [0.5, 0.6) is 0 Å². The minimum atomic E-state index is -0.457. The van der Waals surface area contributed by atoms with Crippen molar-refractivity contribution in [3.05, 3.63) is 64.0 Å². The largest absolute Gasteiger partial charge is 0.394 e. The molecule has 0 saturated heterocycles. The summed E-state index contributed by atoms with van der Waals surface area (Å²) in [5, 5.41) is 24.8. The van der Waals surface area contributed by atoms with E-state index < -0.39 is 4.92 Å². The summed E-state index contributed by atoms with van der Waals surface area (Å²) in [6.07, 6.45) is 2.54. The molecule has 1 unspecified atom stereocenters. The number of benzene rings is 1. The van der Waals surface area contributed by atoms with Gasteiger partial charge in [0, 0.05) is 23.2 Å². The predicted molar refractivity (Wildman–Crippen MR) is 92.1 cm³/mol. The lowest BCUT2D eigenvalue weighted by Crippen LogP contribution is -2.26. The first-order valence-electron chi connectivity index (χ1n) is 7.63. The number of nitrogens with zero attached hydrogens (tertiary/aromatic N) is 2. The Hall–Kier alpha value is -2.93. The summed E-state index contributed by atoms with van der Waals surface area (Å²) >= 11 is 0. The highest BCUT2D eigenvalue weighted by Crippen LogP contribution is 2.21. The number of aromatic nitrogens is 2. The Kier molecular flexibility index (Phi) is 4.43. The first-order valence-corrected chi connectivity index (χ1v) is 7.63. The van der Waals surface area contributed by atoms with Gasteiger partial charge in [-0.25, -0.2) is 4.98 Å². The average molecular weight is 326 g/mol. The molecule has 0 radical (unpaired) electrons. The minimum Gasteiger partial charge on any atom is -0.394 e. The summed E-state index contributed by atoms with van der Waals surface area (Å²) in [6, 6.07) is 10.7. The van der Waals surface area contributed by atoms with Crippen molar-refractivity contribution in [2.45, 2.75) is 19.4 Å². The van der Waals surface area contributed by atoms with Gasteiger partial charge in [0.05, 0.1) is 17.6 Å². The zero-order valence-corrected chi connectivity index (χ0v) is 13.2. The topological polar surface area (TPSA) is 104 Å². The number of anilines is 1. The summed E-state index contributed by atoms with van der Waals surface area (Å²) in [7, 11) is 0. The molecule has 0 aliphatic carbocycles. The smallest absolute Gasteiger partial charge is 0.290 e. The Morgan fingerprint density at radius 2 is 2.12 bits per heavy atom. The van der Waals surface area contributed by atoms with Crippen molar-refractivity contribution in [2.75, 3.05) is 11.9 Å². The lowest BCUT2D eigenvalue weighted by molar-refractivity contribution is -0.385. The summed E-state index contributed by atoms with van der Waals surface area (Å²) in [4.78, 5) is 17.8. The molecule has 1 aromatic carbocycles. The van der Waals surface area contributed by atoms with Gasteiger partial charge in [0.2, 0.25) is 0 Å². The molecule has 3 rings (SSSR count). The number of hydrogen-bond donors (Lipinski definition) is 3. The molecule has 0 bridgehead atoms. The molecule has 0 aliphatic rings. The van der Waals surface area contributed by atoms with Crippen molar-refractivity contribution in [3.8, 4) is 0 Å². The summed E-state index contributed by atoms with van der Waals surface area (Å²) in [6.45, 7) is 1.52. The van der Waals surface area contributed by atoms with Gasteiger partial charge in [0.1, 0.15) is 11.5 Å². The maximum Gasteiger partial charge on any atom is 0.290 e. The van der Waals surface area contributed by atoms with E-state index in [0.29, 0.717) is 17.9 Å². The molecule has 124 valence electrons. The monoisotopic (exact) mass is 326 g/mol. The van der Waals surface area contributed by atoms with Crippen LogP contribution in [0.2, 0.25) is 0 Å². The van der Waals surface area contributed by atoms with E-state index in [1.807, 2.05) is 30.5 Å². The number of nitrogens with one attached hydrogen (secondary N) is 2. The van der Waals surface area contributed by atoms with E-state index in [1.54, 1.807) is 13.0 Å². The number of aliphatic hydroxyl groups is 1. The number of hydrogen-bond acceptors (Lipinski definition) is 5. The highest BCUT2D eigenvalue weighted by Gasteiger charge is 2.15. The van der Waals surface area contributed by atoms with E-state index in [1.165, 1.54) is 6.07 Å². The van der Waals surface area contributed by atoms with Gasteiger partial charge in [-0.2, -0.15) is 0 Å². The van der Waals surface area contributed by atoms with Gasteiger partial charge in [0.25, 0.3) is 5.69 Å². The van der Waals surface area contributed by atoms with Crippen LogP contribution < -0.4 is 5.32 Å². The number of fused-ring (bicyclic) bond motifs is 1. The molecule has 1 atom stereocenters. The summed E-state index contributed by atoms with van der Waals surface area (Å²) in [5.74, 6) is 0.511. The van der Waals surface area contributed by atoms with Crippen LogP contribution in [0.15, 0.2) is 42.6 Å². The van der Waals surface area contributed by atoms with Crippen molar-refractivity contribution < 1.29 is 10.0 Å². The van der Waals surface area contributed by atoms with Crippen molar-refractivity contribution in [2.24, 2.45) is 0 Å². The normalized spacial score (nSPS) is 12.2. The number of H-pyrrole nitrogens is 1. The fourth-order valence-electron chi connectivity index (χ4n) is 2.76. The number of aliphatic hydroxyl groups excluding tert-OH is 1. The van der Waals surface area contributed by atoms with Crippen LogP contribution in [-0.2, 0) is 6.42 Å². The third-order valence-electron chi connectivity index (χ3n) is 3.97. The Morgan fingerprint density at radius 3 is 2.83 bits per heavy atom. The highest BCUT2D eigenvalue weighted by molar-refractivity contribution is 5.83. The third kappa shape index (κ3) is 3.21. The molecule has 3 N–H and O–H groups in total. The quantitative estimate of drug-likeness (QED) is 0.477. The van der Waals surface area contributed by atoms with Gasteiger partial charge in [-0.15, -0.1) is 0 Å². The van der Waals surface area contributed by atoms with Crippen LogP contribution in [0.4, 0.5) is 11.5 Å². The maximum absolute atomic E-state index is 10.8. The number of rotatable bonds is 6. The molecular formula is C17H18N4O3. The first-order chi connectivity index (χ1) is 11.6. The number of pyridine rings is 1. The van der Waals surface area contributed by atoms with Gasteiger partial charge in [-0.05, 0) is 31.0 Å². The molecule has 0 aliphatic heterocycles. The molecule has 7 nitrogen and oxygen atoms in total. The van der Waals surface area contributed by atoms with E-state index in [0.717, 1.165) is 16.5 Å². The second-order valence-corrected chi connectivity index (χ2v) is 5.65. The maximum atomic E-state index is 10.8. The minimum absolute atomic E-state index is 0.0160. The lowest BCUT2D eigenvalue weighted by Gasteiger charge is -2.17. The molecule has 0 spiro atoms. The van der Waals surface area contributed by atoms with Gasteiger partial charge in [0.15, 0.2) is 0 Å². The molecule has 2 heterocycles. The average Bonchev–Trinajstić information content (AvgIpc) is 2.97. The molecular weight excluding hydrogens is 308 g/mol. The van der Waals surface area contributed by atoms with Crippen molar-refractivity contribution in [1.82, 2.24) is 9.97 Å². The third-order valence-corrected chi connectivity index (χ3v) is 3.97. The predicted octanol–water partition coefficient (Wildman–Crippen LogP) is 2.80. The number of aromatic amines is 1. The van der Waals surface area contributed by atoms with Gasteiger partial charge in [-0.1, -0.05) is 18.2 Å². The molecule has 0 fully saturated rings. The molecule has 24 heavy (non-hydrogen) atoms. The van der Waals surface area contributed by atoms with Crippen LogP contribution in [0.3, 0.4) is 0 Å². The van der Waals surface area contributed by atoms with Crippen LogP contribution in [-0.4, -0.2) is 32.6 Å². The summed E-state index contributed by atoms with van der Waals surface area (Å²) in [5.41, 5.74) is 2.47. The zero-order valence-electron chi connectivity index (χ0n) is 13.2. The lowest BCUT2D eigenvalue weighted by atomic mass is 10.1. The molecule has 3 aromatic rings. The Labute approximate surface area is 138 Å². The van der Waals surface area contributed by atoms with E-state index in [4.69, 9.17) is 0 Å². The second-order valence-electron chi connectivity index (χ2n) is 5.65. The van der Waals surface area contributed by atoms with Crippen molar-refractivity contribution in [1.29, 1.82) is 0 Å². The van der Waals surface area contributed by atoms with Gasteiger partial charge in [-0.3, -0.25) is 10.1 Å².